The smallest absolute Gasteiger partial charge is 0.319 e. The first kappa shape index (κ1) is 19.7. The molecule has 2 atom stereocenters. The fraction of sp³-hybridized carbons (Fsp3) is 0.429. The summed E-state index contributed by atoms with van der Waals surface area (Å²) in [7, 11) is 0. The molecule has 8 heteroatoms. The van der Waals surface area contributed by atoms with Gasteiger partial charge < -0.3 is 5.32 Å². The molecule has 0 saturated carbocycles. The molecule has 2 fully saturated rings. The first-order valence-corrected chi connectivity index (χ1v) is 9.61. The molecule has 0 unspecified atom stereocenters. The Balaban J connectivity index is 1.55. The average Bonchev–Trinajstić information content (AvgIpc) is 2.91. The summed E-state index contributed by atoms with van der Waals surface area (Å²) in [6, 6.07) is 12.6. The minimum atomic E-state index is -4.27. The number of fused-ring (bicyclic) bond motifs is 1. The Morgan fingerprint density at radius 2 is 1.86 bits per heavy atom. The largest absolute Gasteiger partial charge is 0.393 e. The van der Waals surface area contributed by atoms with Crippen LogP contribution < -0.4 is 5.32 Å². The van der Waals surface area contributed by atoms with E-state index >= 15 is 0 Å². The second-order valence-electron chi connectivity index (χ2n) is 7.95. The van der Waals surface area contributed by atoms with Crippen LogP contribution in [-0.2, 0) is 10.3 Å². The lowest BCUT2D eigenvalue weighted by atomic mass is 9.90. The van der Waals surface area contributed by atoms with Gasteiger partial charge in [0.1, 0.15) is 5.54 Å². The van der Waals surface area contributed by atoms with Gasteiger partial charge in [-0.1, -0.05) is 36.4 Å². The van der Waals surface area contributed by atoms with Crippen LogP contribution in [0.3, 0.4) is 0 Å². The van der Waals surface area contributed by atoms with Crippen LogP contribution in [0.5, 0.6) is 0 Å². The Morgan fingerprint density at radius 1 is 1.14 bits per heavy atom. The predicted octanol–water partition coefficient (Wildman–Crippen LogP) is 3.84. The summed E-state index contributed by atoms with van der Waals surface area (Å²) in [4.78, 5) is 28.2. The van der Waals surface area contributed by atoms with Gasteiger partial charge >= 0.3 is 12.2 Å². The summed E-state index contributed by atoms with van der Waals surface area (Å²) in [6.45, 7) is 1.72. The van der Waals surface area contributed by atoms with E-state index in [1.165, 1.54) is 4.90 Å². The molecule has 0 radical (unpaired) electrons. The number of nitrogens with one attached hydrogen (secondary N) is 1. The number of imide groups is 1. The van der Waals surface area contributed by atoms with E-state index in [0.717, 1.165) is 15.7 Å². The predicted molar refractivity (Wildman–Crippen MR) is 102 cm³/mol. The third kappa shape index (κ3) is 3.57. The molecule has 2 aliphatic rings. The number of rotatable bonds is 3. The Hall–Kier alpha value is -2.61. The molecule has 2 saturated heterocycles. The fourth-order valence-corrected chi connectivity index (χ4v) is 4.17. The minimum absolute atomic E-state index is 0.0783. The highest BCUT2D eigenvalue weighted by Crippen LogP contribution is 2.34. The van der Waals surface area contributed by atoms with Crippen molar-refractivity contribution in [2.24, 2.45) is 5.92 Å². The molecule has 2 heterocycles. The average molecular weight is 405 g/mol. The van der Waals surface area contributed by atoms with Gasteiger partial charge in [-0.05, 0) is 48.7 Å². The molecular formula is C21H22F3N3O2. The van der Waals surface area contributed by atoms with Crippen LogP contribution in [0.1, 0.15) is 25.3 Å². The van der Waals surface area contributed by atoms with Gasteiger partial charge in [-0.3, -0.25) is 9.69 Å². The molecule has 29 heavy (non-hydrogen) atoms. The molecule has 0 spiro atoms. The number of hydrogen-bond acceptors (Lipinski definition) is 3. The van der Waals surface area contributed by atoms with E-state index in [1.807, 2.05) is 36.4 Å². The third-order valence-electron chi connectivity index (χ3n) is 5.91. The van der Waals surface area contributed by atoms with Gasteiger partial charge in [-0.25, -0.2) is 9.69 Å². The number of halogens is 3. The maximum absolute atomic E-state index is 13.1. The summed E-state index contributed by atoms with van der Waals surface area (Å²) >= 11 is 0. The van der Waals surface area contributed by atoms with E-state index in [-0.39, 0.29) is 19.6 Å². The Morgan fingerprint density at radius 3 is 2.59 bits per heavy atom. The Labute approximate surface area is 166 Å². The van der Waals surface area contributed by atoms with Crippen LogP contribution in [-0.4, -0.2) is 47.7 Å². The fourth-order valence-electron chi connectivity index (χ4n) is 4.17. The van der Waals surface area contributed by atoms with Crippen LogP contribution >= 0.6 is 0 Å². The van der Waals surface area contributed by atoms with Crippen molar-refractivity contribution in [3.05, 3.63) is 48.0 Å². The molecule has 0 aliphatic carbocycles. The highest BCUT2D eigenvalue weighted by molar-refractivity contribution is 6.07. The van der Waals surface area contributed by atoms with Gasteiger partial charge in [0.2, 0.25) is 0 Å². The van der Waals surface area contributed by atoms with Crippen LogP contribution in [0.4, 0.5) is 18.0 Å². The van der Waals surface area contributed by atoms with Crippen molar-refractivity contribution in [3.63, 3.8) is 0 Å². The van der Waals surface area contributed by atoms with E-state index < -0.39 is 29.6 Å². The number of piperidine rings is 1. The van der Waals surface area contributed by atoms with Crippen LogP contribution in [0.25, 0.3) is 10.8 Å². The van der Waals surface area contributed by atoms with Gasteiger partial charge in [0.05, 0.1) is 12.6 Å². The summed E-state index contributed by atoms with van der Waals surface area (Å²) in [5.74, 6) is -1.88. The molecule has 1 N–H and O–H groups in total. The molecule has 4 rings (SSSR count). The lowest BCUT2D eigenvalue weighted by Crippen LogP contribution is -2.48. The van der Waals surface area contributed by atoms with Gasteiger partial charge in [0.15, 0.2) is 0 Å². The van der Waals surface area contributed by atoms with E-state index in [0.29, 0.717) is 18.5 Å². The Bertz CT molecular complexity index is 962. The molecule has 0 bridgehead atoms. The van der Waals surface area contributed by atoms with E-state index in [1.54, 1.807) is 13.0 Å². The zero-order chi connectivity index (χ0) is 20.8. The number of carbonyl (C=O) groups excluding carboxylic acids is 2. The number of amides is 3. The molecule has 2 aromatic carbocycles. The first-order valence-electron chi connectivity index (χ1n) is 9.61. The normalized spacial score (nSPS) is 26.2. The number of hydrogen-bond donors (Lipinski definition) is 1. The van der Waals surface area contributed by atoms with E-state index in [2.05, 4.69) is 5.32 Å². The quantitative estimate of drug-likeness (QED) is 0.790. The summed E-state index contributed by atoms with van der Waals surface area (Å²) in [5, 5.41) is 4.69. The minimum Gasteiger partial charge on any atom is -0.319 e. The number of benzene rings is 2. The van der Waals surface area contributed by atoms with Gasteiger partial charge in [-0.2, -0.15) is 13.2 Å². The maximum Gasteiger partial charge on any atom is 0.393 e. The number of carbonyl (C=O) groups is 2. The van der Waals surface area contributed by atoms with Crippen LogP contribution in [0.2, 0.25) is 0 Å². The molecule has 3 amide bonds. The number of alkyl halides is 3. The second-order valence-corrected chi connectivity index (χ2v) is 7.95. The van der Waals surface area contributed by atoms with Gasteiger partial charge in [0, 0.05) is 6.54 Å². The van der Waals surface area contributed by atoms with Crippen molar-refractivity contribution < 1.29 is 22.8 Å². The number of urea groups is 1. The molecular weight excluding hydrogens is 383 g/mol. The van der Waals surface area contributed by atoms with Crippen LogP contribution in [0, 0.1) is 5.92 Å². The summed E-state index contributed by atoms with van der Waals surface area (Å²) in [6.07, 6.45) is -3.81. The molecule has 2 aromatic rings. The topological polar surface area (TPSA) is 52.7 Å². The van der Waals surface area contributed by atoms with Gasteiger partial charge in [0.25, 0.3) is 5.91 Å². The SMILES string of the molecule is C[C@@]1(c2ccc3ccccc3c2)NC(=O)N(CN2CCC[C@@H](C(F)(F)F)C2)C1=O. The van der Waals surface area contributed by atoms with Gasteiger partial charge in [-0.15, -0.1) is 0 Å². The zero-order valence-electron chi connectivity index (χ0n) is 16.0. The molecule has 2 aliphatic heterocycles. The van der Waals surface area contributed by atoms with Crippen molar-refractivity contribution in [1.82, 2.24) is 15.1 Å². The number of nitrogens with zero attached hydrogens (tertiary/aromatic N) is 2. The lowest BCUT2D eigenvalue weighted by Gasteiger charge is -2.35. The van der Waals surface area contributed by atoms with Crippen molar-refractivity contribution in [2.75, 3.05) is 19.8 Å². The van der Waals surface area contributed by atoms with Crippen molar-refractivity contribution in [2.45, 2.75) is 31.5 Å². The molecule has 5 nitrogen and oxygen atoms in total. The standard InChI is InChI=1S/C21H22F3N3O2/c1-20(16-9-8-14-5-2-3-6-15(14)11-16)18(28)27(19(29)25-20)13-26-10-4-7-17(12-26)21(22,23)24/h2-3,5-6,8-9,11,17H,4,7,10,12-13H2,1H3,(H,25,29)/t17-,20+/m1/s1. The molecule has 0 aromatic heterocycles. The van der Waals surface area contributed by atoms with Crippen LogP contribution in [0.15, 0.2) is 42.5 Å². The first-order chi connectivity index (χ1) is 13.7. The zero-order valence-corrected chi connectivity index (χ0v) is 16.0. The highest BCUT2D eigenvalue weighted by Gasteiger charge is 2.50. The lowest BCUT2D eigenvalue weighted by molar-refractivity contribution is -0.187. The highest BCUT2D eigenvalue weighted by atomic mass is 19.4. The summed E-state index contributed by atoms with van der Waals surface area (Å²) in [5.41, 5.74) is -0.607. The van der Waals surface area contributed by atoms with Crippen molar-refractivity contribution >= 4 is 22.7 Å². The second kappa shape index (κ2) is 7.02. The Kier molecular flexibility index (Phi) is 4.77. The third-order valence-corrected chi connectivity index (χ3v) is 5.91. The van der Waals surface area contributed by atoms with E-state index in [9.17, 15) is 22.8 Å². The summed E-state index contributed by atoms with van der Waals surface area (Å²) < 4.78 is 39.2. The molecule has 154 valence electrons. The van der Waals surface area contributed by atoms with E-state index in [4.69, 9.17) is 0 Å². The monoisotopic (exact) mass is 405 g/mol. The van der Waals surface area contributed by atoms with Crippen molar-refractivity contribution in [1.29, 1.82) is 0 Å². The number of likely N-dealkylation sites (tertiary alicyclic amines) is 1. The van der Waals surface area contributed by atoms with Crippen molar-refractivity contribution in [3.8, 4) is 0 Å². The maximum atomic E-state index is 13.1.